The summed E-state index contributed by atoms with van der Waals surface area (Å²) < 4.78 is 29.6. The molecule has 0 unspecified atom stereocenters. The minimum atomic E-state index is -1.29. The molecule has 1 saturated heterocycles. The monoisotopic (exact) mass is 390 g/mol. The van der Waals surface area contributed by atoms with Gasteiger partial charge in [-0.05, 0) is 29.8 Å². The van der Waals surface area contributed by atoms with Crippen LogP contribution in [0, 0.1) is 5.82 Å². The minimum absolute atomic E-state index is 0.0202. The highest BCUT2D eigenvalue weighted by Gasteiger charge is 2.38. The number of rotatable bonds is 4. The van der Waals surface area contributed by atoms with Crippen LogP contribution in [0.4, 0.5) is 4.39 Å². The number of ether oxygens (including phenoxy) is 3. The number of benzene rings is 2. The zero-order chi connectivity index (χ0) is 19.6. The first kappa shape index (κ1) is 18.9. The number of carbonyl (C=O) groups excluding carboxylic acids is 2. The lowest BCUT2D eigenvalue weighted by Gasteiger charge is -2.29. The Morgan fingerprint density at radius 2 is 1.78 bits per heavy atom. The second-order valence-corrected chi connectivity index (χ2v) is 6.72. The van der Waals surface area contributed by atoms with E-state index in [1.165, 1.54) is 26.0 Å². The van der Waals surface area contributed by atoms with Crippen molar-refractivity contribution in [2.75, 3.05) is 0 Å². The highest BCUT2D eigenvalue weighted by Crippen LogP contribution is 2.25. The van der Waals surface area contributed by atoms with Gasteiger partial charge in [0.1, 0.15) is 23.7 Å². The first-order chi connectivity index (χ1) is 12.7. The topological polar surface area (TPSA) is 61.8 Å². The molecule has 1 aliphatic heterocycles. The van der Waals surface area contributed by atoms with E-state index in [0.29, 0.717) is 16.9 Å². The summed E-state index contributed by atoms with van der Waals surface area (Å²) in [7, 11) is 0. The quantitative estimate of drug-likeness (QED) is 0.443. The van der Waals surface area contributed by atoms with Crippen LogP contribution in [0.15, 0.2) is 48.0 Å². The molecule has 7 heteroatoms. The lowest BCUT2D eigenvalue weighted by atomic mass is 10.1. The van der Waals surface area contributed by atoms with Crippen LogP contribution in [0.2, 0.25) is 5.02 Å². The number of hydrogen-bond donors (Lipinski definition) is 0. The Labute approximate surface area is 160 Å². The van der Waals surface area contributed by atoms with E-state index in [9.17, 15) is 14.0 Å². The molecule has 0 aromatic heterocycles. The van der Waals surface area contributed by atoms with Gasteiger partial charge >= 0.3 is 11.9 Å². The van der Waals surface area contributed by atoms with E-state index in [1.807, 2.05) is 0 Å². The Balaban J connectivity index is 1.77. The highest BCUT2D eigenvalue weighted by molar-refractivity contribution is 6.30. The van der Waals surface area contributed by atoms with Gasteiger partial charge < -0.3 is 14.2 Å². The van der Waals surface area contributed by atoms with E-state index in [1.54, 1.807) is 36.4 Å². The van der Waals surface area contributed by atoms with Crippen LogP contribution >= 0.6 is 11.6 Å². The fourth-order valence-electron chi connectivity index (χ4n) is 2.46. The molecule has 0 atom stereocenters. The van der Waals surface area contributed by atoms with Gasteiger partial charge in [0.05, 0.1) is 5.02 Å². The van der Waals surface area contributed by atoms with Gasteiger partial charge in [-0.15, -0.1) is 0 Å². The molecule has 2 aromatic rings. The first-order valence-electron chi connectivity index (χ1n) is 8.09. The molecule has 27 heavy (non-hydrogen) atoms. The molecule has 5 nitrogen and oxygen atoms in total. The maximum absolute atomic E-state index is 13.9. The molecule has 1 aliphatic rings. The van der Waals surface area contributed by atoms with E-state index in [-0.39, 0.29) is 17.2 Å². The predicted octanol–water partition coefficient (Wildman–Crippen LogP) is 4.28. The summed E-state index contributed by atoms with van der Waals surface area (Å²) in [6.07, 6.45) is 1.35. The van der Waals surface area contributed by atoms with Crippen LogP contribution < -0.4 is 4.74 Å². The third-order valence-electron chi connectivity index (χ3n) is 3.71. The number of halogens is 2. The zero-order valence-electron chi connectivity index (χ0n) is 14.6. The third kappa shape index (κ3) is 4.46. The number of esters is 2. The fourth-order valence-corrected chi connectivity index (χ4v) is 2.65. The van der Waals surface area contributed by atoms with Crippen LogP contribution in [0.3, 0.4) is 0 Å². The van der Waals surface area contributed by atoms with Crippen LogP contribution in [-0.2, 0) is 25.7 Å². The Bertz CT molecular complexity index is 914. The van der Waals surface area contributed by atoms with Crippen LogP contribution in [0.25, 0.3) is 6.08 Å². The average Bonchev–Trinajstić information content (AvgIpc) is 2.59. The molecule has 0 N–H and O–H groups in total. The Morgan fingerprint density at radius 3 is 2.48 bits per heavy atom. The molecule has 1 fully saturated rings. The normalized spacial score (nSPS) is 15.8. The lowest BCUT2D eigenvalue weighted by molar-refractivity contribution is -0.222. The van der Waals surface area contributed by atoms with Crippen molar-refractivity contribution in [3.8, 4) is 5.75 Å². The summed E-state index contributed by atoms with van der Waals surface area (Å²) in [5.74, 6) is -2.92. The summed E-state index contributed by atoms with van der Waals surface area (Å²) in [6, 6.07) is 11.3. The zero-order valence-corrected chi connectivity index (χ0v) is 15.4. The van der Waals surface area contributed by atoms with Crippen LogP contribution in [0.1, 0.15) is 25.0 Å². The van der Waals surface area contributed by atoms with Crippen molar-refractivity contribution in [3.05, 3.63) is 70.0 Å². The summed E-state index contributed by atoms with van der Waals surface area (Å²) in [5, 5.41) is 0.0202. The van der Waals surface area contributed by atoms with Crippen molar-refractivity contribution in [2.45, 2.75) is 26.2 Å². The van der Waals surface area contributed by atoms with Gasteiger partial charge in [-0.25, -0.2) is 14.0 Å². The van der Waals surface area contributed by atoms with E-state index < -0.39 is 23.5 Å². The van der Waals surface area contributed by atoms with Crippen molar-refractivity contribution in [1.29, 1.82) is 0 Å². The molecule has 140 valence electrons. The average molecular weight is 391 g/mol. The SMILES string of the molecule is CC1(C)OC(=O)C(=Cc2cccc(OCc3cccc(Cl)c3F)c2)C(=O)O1. The molecule has 0 bridgehead atoms. The van der Waals surface area contributed by atoms with E-state index in [4.69, 9.17) is 25.8 Å². The van der Waals surface area contributed by atoms with Crippen molar-refractivity contribution in [1.82, 2.24) is 0 Å². The number of hydrogen-bond acceptors (Lipinski definition) is 5. The van der Waals surface area contributed by atoms with Gasteiger partial charge in [0, 0.05) is 19.4 Å². The van der Waals surface area contributed by atoms with Gasteiger partial charge in [-0.2, -0.15) is 0 Å². The van der Waals surface area contributed by atoms with Crippen molar-refractivity contribution < 1.29 is 28.2 Å². The molecule has 1 heterocycles. The predicted molar refractivity (Wildman–Crippen MR) is 96.4 cm³/mol. The second-order valence-electron chi connectivity index (χ2n) is 6.31. The van der Waals surface area contributed by atoms with E-state index in [0.717, 1.165) is 0 Å². The Kier molecular flexibility index (Phi) is 5.19. The Hall–Kier alpha value is -2.86. The smallest absolute Gasteiger partial charge is 0.348 e. The number of carbonyl (C=O) groups is 2. The molecule has 0 aliphatic carbocycles. The first-order valence-corrected chi connectivity index (χ1v) is 8.47. The van der Waals surface area contributed by atoms with Crippen molar-refractivity contribution in [3.63, 3.8) is 0 Å². The largest absolute Gasteiger partial charge is 0.489 e. The van der Waals surface area contributed by atoms with Crippen LogP contribution in [-0.4, -0.2) is 17.7 Å². The summed E-state index contributed by atoms with van der Waals surface area (Å²) in [5.41, 5.74) is 0.628. The maximum atomic E-state index is 13.9. The molecular formula is C20H16ClFO5. The fraction of sp³-hybridized carbons (Fsp3) is 0.200. The Morgan fingerprint density at radius 1 is 1.11 bits per heavy atom. The van der Waals surface area contributed by atoms with Crippen molar-refractivity contribution in [2.24, 2.45) is 0 Å². The molecule has 0 spiro atoms. The molecule has 0 saturated carbocycles. The molecule has 3 rings (SSSR count). The van der Waals surface area contributed by atoms with Crippen molar-refractivity contribution >= 4 is 29.6 Å². The summed E-state index contributed by atoms with van der Waals surface area (Å²) in [4.78, 5) is 24.0. The molecule has 0 amide bonds. The second kappa shape index (κ2) is 7.40. The van der Waals surface area contributed by atoms with Crippen LogP contribution in [0.5, 0.6) is 5.75 Å². The standard InChI is InChI=1S/C20H16ClFO5/c1-20(2)26-18(23)15(19(24)27-20)10-12-5-3-7-14(9-12)25-11-13-6-4-8-16(21)17(13)22/h3-10H,11H2,1-2H3. The lowest BCUT2D eigenvalue weighted by Crippen LogP contribution is -2.41. The van der Waals surface area contributed by atoms with Gasteiger partial charge in [0.15, 0.2) is 0 Å². The van der Waals surface area contributed by atoms with E-state index in [2.05, 4.69) is 0 Å². The number of cyclic esters (lactones) is 2. The molecular weight excluding hydrogens is 375 g/mol. The van der Waals surface area contributed by atoms with Gasteiger partial charge in [0.2, 0.25) is 0 Å². The highest BCUT2D eigenvalue weighted by atomic mass is 35.5. The molecule has 0 radical (unpaired) electrons. The molecule has 2 aromatic carbocycles. The maximum Gasteiger partial charge on any atom is 0.348 e. The summed E-state index contributed by atoms with van der Waals surface area (Å²) >= 11 is 5.75. The minimum Gasteiger partial charge on any atom is -0.489 e. The van der Waals surface area contributed by atoms with Gasteiger partial charge in [0.25, 0.3) is 5.79 Å². The van der Waals surface area contributed by atoms with Gasteiger partial charge in [-0.1, -0.05) is 35.9 Å². The third-order valence-corrected chi connectivity index (χ3v) is 4.00. The van der Waals surface area contributed by atoms with Gasteiger partial charge in [-0.3, -0.25) is 0 Å². The summed E-state index contributed by atoms with van der Waals surface area (Å²) in [6.45, 7) is 2.93. The van der Waals surface area contributed by atoms with E-state index >= 15 is 0 Å².